The second-order valence-electron chi connectivity index (χ2n) is 4.09. The normalized spacial score (nSPS) is 9.52. The minimum absolute atomic E-state index is 0.172. The molecule has 0 amide bonds. The van der Waals surface area contributed by atoms with Crippen LogP contribution in [0, 0.1) is 0 Å². The quantitative estimate of drug-likeness (QED) is 0.675. The number of benzene rings is 1. The first kappa shape index (κ1) is 16.9. The molecule has 0 aliphatic carbocycles. The molecule has 0 bridgehead atoms. The van der Waals surface area contributed by atoms with E-state index in [4.69, 9.17) is 0 Å². The third-order valence-corrected chi connectivity index (χ3v) is 2.95. The Kier molecular flexibility index (Phi) is 6.11. The SMILES string of the molecule is CC.CC(=O)c1cc(-c2ccc(C(=O)S)cc2)[nH]c(=O)c1. The number of pyridine rings is 1. The average molecular weight is 303 g/mol. The van der Waals surface area contributed by atoms with Crippen LogP contribution in [-0.2, 0) is 0 Å². The number of rotatable bonds is 3. The van der Waals surface area contributed by atoms with E-state index in [2.05, 4.69) is 17.6 Å². The minimum atomic E-state index is -0.336. The van der Waals surface area contributed by atoms with Gasteiger partial charge in [0.05, 0.1) is 0 Å². The van der Waals surface area contributed by atoms with Crippen LogP contribution in [0.5, 0.6) is 0 Å². The number of nitrogens with one attached hydrogen (secondary N) is 1. The van der Waals surface area contributed by atoms with Gasteiger partial charge in [-0.15, -0.1) is 12.6 Å². The van der Waals surface area contributed by atoms with E-state index in [-0.39, 0.29) is 16.5 Å². The predicted octanol–water partition coefficient (Wildman–Crippen LogP) is 3.34. The van der Waals surface area contributed by atoms with E-state index in [1.54, 1.807) is 30.3 Å². The molecule has 0 saturated heterocycles. The molecule has 0 spiro atoms. The van der Waals surface area contributed by atoms with Crippen LogP contribution in [0.25, 0.3) is 11.3 Å². The van der Waals surface area contributed by atoms with Gasteiger partial charge in [-0.3, -0.25) is 14.4 Å². The zero-order chi connectivity index (χ0) is 16.0. The summed E-state index contributed by atoms with van der Waals surface area (Å²) in [7, 11) is 0. The Labute approximate surface area is 128 Å². The van der Waals surface area contributed by atoms with E-state index in [1.165, 1.54) is 13.0 Å². The lowest BCUT2D eigenvalue weighted by Crippen LogP contribution is -2.09. The first-order valence-electron chi connectivity index (χ1n) is 6.56. The number of Topliss-reactive ketones (excluding diaryl/α,β-unsaturated/α-hetero) is 1. The molecule has 1 N–H and O–H groups in total. The molecule has 0 aliphatic heterocycles. The number of hydrogen-bond acceptors (Lipinski definition) is 3. The van der Waals surface area contributed by atoms with E-state index in [1.807, 2.05) is 13.8 Å². The Hall–Kier alpha value is -2.14. The number of carbonyl (C=O) groups is 2. The smallest absolute Gasteiger partial charge is 0.249 e. The number of carbonyl (C=O) groups excluding carboxylic acids is 2. The van der Waals surface area contributed by atoms with E-state index in [9.17, 15) is 14.4 Å². The third kappa shape index (κ3) is 4.43. The van der Waals surface area contributed by atoms with Crippen molar-refractivity contribution in [2.24, 2.45) is 0 Å². The maximum absolute atomic E-state index is 11.5. The number of hydrogen-bond donors (Lipinski definition) is 2. The molecular formula is C16H17NO3S. The highest BCUT2D eigenvalue weighted by Gasteiger charge is 2.06. The van der Waals surface area contributed by atoms with Crippen molar-refractivity contribution >= 4 is 23.5 Å². The van der Waals surface area contributed by atoms with Gasteiger partial charge in [0.15, 0.2) is 5.78 Å². The second kappa shape index (κ2) is 7.59. The molecule has 2 rings (SSSR count). The molecule has 0 unspecified atom stereocenters. The highest BCUT2D eigenvalue weighted by Crippen LogP contribution is 2.18. The number of thiol groups is 1. The van der Waals surface area contributed by atoms with Gasteiger partial charge in [-0.1, -0.05) is 26.0 Å². The van der Waals surface area contributed by atoms with Crippen molar-refractivity contribution < 1.29 is 9.59 Å². The molecule has 1 heterocycles. The Morgan fingerprint density at radius 3 is 2.05 bits per heavy atom. The Balaban J connectivity index is 0.00000106. The van der Waals surface area contributed by atoms with E-state index >= 15 is 0 Å². The highest BCUT2D eigenvalue weighted by molar-refractivity contribution is 7.97. The van der Waals surface area contributed by atoms with Crippen LogP contribution in [0.3, 0.4) is 0 Å². The van der Waals surface area contributed by atoms with Crippen LogP contribution in [0.15, 0.2) is 41.2 Å². The summed E-state index contributed by atoms with van der Waals surface area (Å²) < 4.78 is 0. The maximum Gasteiger partial charge on any atom is 0.249 e. The number of aromatic amines is 1. The number of H-pyrrole nitrogens is 1. The molecule has 21 heavy (non-hydrogen) atoms. The first-order valence-corrected chi connectivity index (χ1v) is 7.01. The fourth-order valence-corrected chi connectivity index (χ4v) is 1.84. The first-order chi connectivity index (χ1) is 9.97. The predicted molar refractivity (Wildman–Crippen MR) is 87.2 cm³/mol. The van der Waals surface area contributed by atoms with Crippen LogP contribution in [0.1, 0.15) is 41.5 Å². The van der Waals surface area contributed by atoms with E-state index < -0.39 is 0 Å². The Morgan fingerprint density at radius 1 is 1.00 bits per heavy atom. The topological polar surface area (TPSA) is 67.0 Å². The average Bonchev–Trinajstić information content (AvgIpc) is 2.48. The molecule has 2 aromatic rings. The molecule has 0 radical (unpaired) electrons. The zero-order valence-electron chi connectivity index (χ0n) is 12.1. The van der Waals surface area contributed by atoms with Crippen LogP contribution in [-0.4, -0.2) is 15.9 Å². The second-order valence-corrected chi connectivity index (χ2v) is 4.49. The van der Waals surface area contributed by atoms with Gasteiger partial charge >= 0.3 is 0 Å². The lowest BCUT2D eigenvalue weighted by Gasteiger charge is -2.04. The van der Waals surface area contributed by atoms with Crippen molar-refractivity contribution in [2.75, 3.05) is 0 Å². The van der Waals surface area contributed by atoms with Gasteiger partial charge in [0.25, 0.3) is 0 Å². The van der Waals surface area contributed by atoms with Crippen molar-refractivity contribution in [3.05, 3.63) is 57.9 Å². The monoisotopic (exact) mass is 303 g/mol. The molecule has 0 atom stereocenters. The van der Waals surface area contributed by atoms with Crippen LogP contribution in [0.4, 0.5) is 0 Å². The molecule has 110 valence electrons. The van der Waals surface area contributed by atoms with Crippen molar-refractivity contribution in [3.63, 3.8) is 0 Å². The van der Waals surface area contributed by atoms with Crippen molar-refractivity contribution in [3.8, 4) is 11.3 Å². The van der Waals surface area contributed by atoms with Gasteiger partial charge in [-0.25, -0.2) is 0 Å². The van der Waals surface area contributed by atoms with Crippen LogP contribution in [0.2, 0.25) is 0 Å². The fraction of sp³-hybridized carbons (Fsp3) is 0.188. The molecule has 0 aliphatic rings. The van der Waals surface area contributed by atoms with E-state index in [0.717, 1.165) is 5.56 Å². The summed E-state index contributed by atoms with van der Waals surface area (Å²) in [5, 5.41) is -0.322. The van der Waals surface area contributed by atoms with Crippen molar-refractivity contribution in [1.29, 1.82) is 0 Å². The van der Waals surface area contributed by atoms with E-state index in [0.29, 0.717) is 16.8 Å². The largest absolute Gasteiger partial charge is 0.322 e. The maximum atomic E-state index is 11.5. The number of aromatic nitrogens is 1. The van der Waals surface area contributed by atoms with Crippen LogP contribution < -0.4 is 5.56 Å². The summed E-state index contributed by atoms with van der Waals surface area (Å²) in [6.07, 6.45) is 0. The Morgan fingerprint density at radius 2 is 1.57 bits per heavy atom. The summed E-state index contributed by atoms with van der Waals surface area (Å²) >= 11 is 3.73. The molecule has 5 heteroatoms. The Bertz CT molecular complexity index is 702. The van der Waals surface area contributed by atoms with Gasteiger partial charge < -0.3 is 4.98 Å². The molecule has 0 fully saturated rings. The standard InChI is InChI=1S/C14H11NO3S.C2H6/c1-8(16)11-6-12(15-13(17)7-11)9-2-4-10(5-3-9)14(18)19;1-2/h2-7H,1H3,(H,15,17)(H,18,19);1-2H3. The minimum Gasteiger partial charge on any atom is -0.322 e. The summed E-state index contributed by atoms with van der Waals surface area (Å²) in [4.78, 5) is 36.5. The zero-order valence-corrected chi connectivity index (χ0v) is 13.0. The van der Waals surface area contributed by atoms with Crippen molar-refractivity contribution in [1.82, 2.24) is 4.98 Å². The van der Waals surface area contributed by atoms with Gasteiger partial charge in [-0.2, -0.15) is 0 Å². The fourth-order valence-electron chi connectivity index (χ4n) is 1.69. The lowest BCUT2D eigenvalue weighted by molar-refractivity contribution is 0.101. The highest BCUT2D eigenvalue weighted by atomic mass is 32.1. The summed E-state index contributed by atoms with van der Waals surface area (Å²) in [5.74, 6) is -0.172. The van der Waals surface area contributed by atoms with Crippen LogP contribution >= 0.6 is 12.6 Å². The molecule has 4 nitrogen and oxygen atoms in total. The molecule has 1 aromatic heterocycles. The molecule has 0 saturated carbocycles. The molecular weight excluding hydrogens is 286 g/mol. The summed E-state index contributed by atoms with van der Waals surface area (Å²) in [6, 6.07) is 9.49. The van der Waals surface area contributed by atoms with Gasteiger partial charge in [-0.05, 0) is 30.7 Å². The van der Waals surface area contributed by atoms with Crippen molar-refractivity contribution in [2.45, 2.75) is 20.8 Å². The summed E-state index contributed by atoms with van der Waals surface area (Å²) in [5.41, 5.74) is 1.75. The summed E-state index contributed by atoms with van der Waals surface area (Å²) in [6.45, 7) is 5.40. The van der Waals surface area contributed by atoms with Gasteiger partial charge in [0.1, 0.15) is 0 Å². The number of ketones is 1. The lowest BCUT2D eigenvalue weighted by atomic mass is 10.1. The van der Waals surface area contributed by atoms with Gasteiger partial charge in [0, 0.05) is 22.9 Å². The van der Waals surface area contributed by atoms with Gasteiger partial charge in [0.2, 0.25) is 10.7 Å². The third-order valence-electron chi connectivity index (χ3n) is 2.69. The molecule has 1 aromatic carbocycles.